The van der Waals surface area contributed by atoms with Gasteiger partial charge in [-0.05, 0) is 37.5 Å². The predicted octanol–water partition coefficient (Wildman–Crippen LogP) is 2.56. The zero-order chi connectivity index (χ0) is 14.1. The molecule has 1 aromatic rings. The van der Waals surface area contributed by atoms with Crippen LogP contribution in [0, 0.1) is 11.6 Å². The quantitative estimate of drug-likeness (QED) is 0.925. The van der Waals surface area contributed by atoms with E-state index in [0.29, 0.717) is 18.2 Å². The standard InChI is InChI=1S/C15H19F2NO2/c1-9-13(4-6-19-9)18-14-5-7-20-15(14)10-2-3-11(16)12(17)8-10/h2-3,8-9,13-15,18H,4-7H2,1H3/t9-,13-,14-,15-/m0/s1. The molecule has 1 N–H and O–H groups in total. The van der Waals surface area contributed by atoms with Crippen molar-refractivity contribution in [2.24, 2.45) is 0 Å². The first-order valence-corrected chi connectivity index (χ1v) is 7.09. The molecule has 2 aliphatic heterocycles. The third-order valence-corrected chi connectivity index (χ3v) is 4.17. The first-order chi connectivity index (χ1) is 9.65. The zero-order valence-corrected chi connectivity index (χ0v) is 11.4. The van der Waals surface area contributed by atoms with Gasteiger partial charge in [0.2, 0.25) is 0 Å². The van der Waals surface area contributed by atoms with Crippen molar-refractivity contribution in [2.45, 2.75) is 44.1 Å². The van der Waals surface area contributed by atoms with Crippen LogP contribution in [0.3, 0.4) is 0 Å². The monoisotopic (exact) mass is 283 g/mol. The summed E-state index contributed by atoms with van der Waals surface area (Å²) in [6.07, 6.45) is 1.80. The maximum absolute atomic E-state index is 13.4. The predicted molar refractivity (Wildman–Crippen MR) is 70.4 cm³/mol. The summed E-state index contributed by atoms with van der Waals surface area (Å²) in [5.41, 5.74) is 0.686. The Morgan fingerprint density at radius 1 is 1.05 bits per heavy atom. The Labute approximate surface area is 117 Å². The van der Waals surface area contributed by atoms with Crippen LogP contribution in [0.5, 0.6) is 0 Å². The zero-order valence-electron chi connectivity index (χ0n) is 11.4. The van der Waals surface area contributed by atoms with E-state index in [-0.39, 0.29) is 18.2 Å². The van der Waals surface area contributed by atoms with E-state index >= 15 is 0 Å². The molecule has 3 nitrogen and oxygen atoms in total. The third-order valence-electron chi connectivity index (χ3n) is 4.17. The summed E-state index contributed by atoms with van der Waals surface area (Å²) in [6.45, 7) is 3.44. The topological polar surface area (TPSA) is 30.5 Å². The fraction of sp³-hybridized carbons (Fsp3) is 0.600. The molecule has 0 aliphatic carbocycles. The highest BCUT2D eigenvalue weighted by molar-refractivity contribution is 5.22. The largest absolute Gasteiger partial charge is 0.377 e. The van der Waals surface area contributed by atoms with Gasteiger partial charge in [0.1, 0.15) is 0 Å². The summed E-state index contributed by atoms with van der Waals surface area (Å²) in [7, 11) is 0. The van der Waals surface area contributed by atoms with E-state index in [1.165, 1.54) is 6.07 Å². The van der Waals surface area contributed by atoms with Crippen LogP contribution in [-0.2, 0) is 9.47 Å². The normalized spacial score (nSPS) is 33.8. The van der Waals surface area contributed by atoms with E-state index in [1.54, 1.807) is 6.07 Å². The molecule has 1 aromatic carbocycles. The maximum atomic E-state index is 13.4. The minimum atomic E-state index is -0.825. The highest BCUT2D eigenvalue weighted by Gasteiger charge is 2.34. The van der Waals surface area contributed by atoms with Crippen molar-refractivity contribution in [3.8, 4) is 0 Å². The molecule has 0 unspecified atom stereocenters. The molecular formula is C15H19F2NO2. The first kappa shape index (κ1) is 13.9. The number of benzene rings is 1. The van der Waals surface area contributed by atoms with Crippen LogP contribution in [0.25, 0.3) is 0 Å². The van der Waals surface area contributed by atoms with Crippen molar-refractivity contribution in [1.29, 1.82) is 0 Å². The van der Waals surface area contributed by atoms with Crippen LogP contribution in [0.15, 0.2) is 18.2 Å². The van der Waals surface area contributed by atoms with Gasteiger partial charge in [0.15, 0.2) is 11.6 Å². The van der Waals surface area contributed by atoms with Crippen LogP contribution >= 0.6 is 0 Å². The highest BCUT2D eigenvalue weighted by atomic mass is 19.2. The molecule has 3 rings (SSSR count). The van der Waals surface area contributed by atoms with Crippen molar-refractivity contribution < 1.29 is 18.3 Å². The summed E-state index contributed by atoms with van der Waals surface area (Å²) in [5.74, 6) is -1.65. The summed E-state index contributed by atoms with van der Waals surface area (Å²) < 4.78 is 37.6. The number of hydrogen-bond acceptors (Lipinski definition) is 3. The number of nitrogens with one attached hydrogen (secondary N) is 1. The van der Waals surface area contributed by atoms with Crippen molar-refractivity contribution in [3.05, 3.63) is 35.4 Å². The van der Waals surface area contributed by atoms with Crippen LogP contribution in [0.1, 0.15) is 31.4 Å². The van der Waals surface area contributed by atoms with Gasteiger partial charge in [-0.25, -0.2) is 8.78 Å². The molecule has 2 fully saturated rings. The molecule has 5 heteroatoms. The van der Waals surface area contributed by atoms with Gasteiger partial charge in [0, 0.05) is 25.3 Å². The lowest BCUT2D eigenvalue weighted by Gasteiger charge is -2.25. The van der Waals surface area contributed by atoms with Gasteiger partial charge in [-0.2, -0.15) is 0 Å². The number of ether oxygens (including phenoxy) is 2. The molecule has 20 heavy (non-hydrogen) atoms. The molecule has 0 bridgehead atoms. The molecule has 110 valence electrons. The average molecular weight is 283 g/mol. The molecule has 2 heterocycles. The van der Waals surface area contributed by atoms with Crippen LogP contribution in [-0.4, -0.2) is 31.4 Å². The molecule has 0 amide bonds. The molecule has 0 radical (unpaired) electrons. The highest BCUT2D eigenvalue weighted by Crippen LogP contribution is 2.31. The Balaban J connectivity index is 1.73. The van der Waals surface area contributed by atoms with E-state index in [9.17, 15) is 8.78 Å². The van der Waals surface area contributed by atoms with Gasteiger partial charge < -0.3 is 14.8 Å². The number of halogens is 2. The van der Waals surface area contributed by atoms with E-state index in [0.717, 1.165) is 25.5 Å². The van der Waals surface area contributed by atoms with Crippen LogP contribution in [0.2, 0.25) is 0 Å². The lowest BCUT2D eigenvalue weighted by molar-refractivity contribution is 0.0853. The summed E-state index contributed by atoms with van der Waals surface area (Å²) in [5, 5.41) is 3.54. The second-order valence-corrected chi connectivity index (χ2v) is 5.50. The SMILES string of the molecule is C[C@@H]1OCC[C@@H]1N[C@H]1CCO[C@H]1c1ccc(F)c(F)c1. The lowest BCUT2D eigenvalue weighted by atomic mass is 10.00. The van der Waals surface area contributed by atoms with Gasteiger partial charge in [0.05, 0.1) is 12.2 Å². The summed E-state index contributed by atoms with van der Waals surface area (Å²) in [4.78, 5) is 0. The molecule has 2 saturated heterocycles. The maximum Gasteiger partial charge on any atom is 0.159 e. The number of rotatable bonds is 3. The molecule has 0 saturated carbocycles. The molecular weight excluding hydrogens is 264 g/mol. The minimum Gasteiger partial charge on any atom is -0.377 e. The fourth-order valence-corrected chi connectivity index (χ4v) is 3.00. The molecule has 2 aliphatic rings. The van der Waals surface area contributed by atoms with Crippen molar-refractivity contribution in [2.75, 3.05) is 13.2 Å². The van der Waals surface area contributed by atoms with Gasteiger partial charge >= 0.3 is 0 Å². The van der Waals surface area contributed by atoms with Gasteiger partial charge in [-0.1, -0.05) is 6.07 Å². The second kappa shape index (κ2) is 5.76. The van der Waals surface area contributed by atoms with Crippen molar-refractivity contribution in [1.82, 2.24) is 5.32 Å². The lowest BCUT2D eigenvalue weighted by Crippen LogP contribution is -2.43. The first-order valence-electron chi connectivity index (χ1n) is 7.09. The second-order valence-electron chi connectivity index (χ2n) is 5.50. The van der Waals surface area contributed by atoms with E-state index < -0.39 is 11.6 Å². The smallest absolute Gasteiger partial charge is 0.159 e. The molecule has 4 atom stereocenters. The Bertz CT molecular complexity index is 483. The Hall–Kier alpha value is -1.04. The van der Waals surface area contributed by atoms with E-state index in [1.807, 2.05) is 6.92 Å². The Morgan fingerprint density at radius 3 is 2.50 bits per heavy atom. The average Bonchev–Trinajstić information content (AvgIpc) is 3.04. The third kappa shape index (κ3) is 2.71. The van der Waals surface area contributed by atoms with Crippen LogP contribution in [0.4, 0.5) is 8.78 Å². The molecule has 0 spiro atoms. The van der Waals surface area contributed by atoms with Gasteiger partial charge in [-0.15, -0.1) is 0 Å². The van der Waals surface area contributed by atoms with E-state index in [4.69, 9.17) is 9.47 Å². The van der Waals surface area contributed by atoms with Crippen LogP contribution < -0.4 is 5.32 Å². The minimum absolute atomic E-state index is 0.119. The Morgan fingerprint density at radius 2 is 1.80 bits per heavy atom. The summed E-state index contributed by atoms with van der Waals surface area (Å²) >= 11 is 0. The number of hydrogen-bond donors (Lipinski definition) is 1. The van der Waals surface area contributed by atoms with Crippen molar-refractivity contribution in [3.63, 3.8) is 0 Å². The molecule has 0 aromatic heterocycles. The van der Waals surface area contributed by atoms with Gasteiger partial charge in [0.25, 0.3) is 0 Å². The fourth-order valence-electron chi connectivity index (χ4n) is 3.00. The summed E-state index contributed by atoms with van der Waals surface area (Å²) in [6, 6.07) is 4.40. The Kier molecular flexibility index (Phi) is 4.01. The van der Waals surface area contributed by atoms with Crippen molar-refractivity contribution >= 4 is 0 Å². The van der Waals surface area contributed by atoms with E-state index in [2.05, 4.69) is 5.32 Å². The van der Waals surface area contributed by atoms with Gasteiger partial charge in [-0.3, -0.25) is 0 Å².